The molecule has 0 aliphatic heterocycles. The topological polar surface area (TPSA) is 72.8 Å². The number of rotatable bonds is 5. The van der Waals surface area contributed by atoms with E-state index in [2.05, 4.69) is 0 Å². The van der Waals surface area contributed by atoms with Crippen LogP contribution in [0.4, 0.5) is 0 Å². The number of hydrogen-bond acceptors (Lipinski definition) is 4. The molecule has 0 fully saturated rings. The summed E-state index contributed by atoms with van der Waals surface area (Å²) in [5, 5.41) is 8.79. The van der Waals surface area contributed by atoms with Gasteiger partial charge in [0.2, 0.25) is 0 Å². The summed E-state index contributed by atoms with van der Waals surface area (Å²) in [5.74, 6) is -0.636. The molecule has 2 rings (SSSR count). The van der Waals surface area contributed by atoms with Crippen molar-refractivity contribution >= 4 is 11.9 Å². The van der Waals surface area contributed by atoms with E-state index in [4.69, 9.17) is 14.6 Å². The Labute approximate surface area is 128 Å². The SMILES string of the molecule is Cc1cccc(C)c1OCC(=O)Oc1ccc(C(=O)O)cc1. The van der Waals surface area contributed by atoms with Crippen LogP contribution in [-0.2, 0) is 4.79 Å². The fraction of sp³-hybridized carbons (Fsp3) is 0.176. The number of carbonyl (C=O) groups excluding carboxylic acids is 1. The van der Waals surface area contributed by atoms with E-state index in [0.29, 0.717) is 5.75 Å². The van der Waals surface area contributed by atoms with Crippen LogP contribution >= 0.6 is 0 Å². The van der Waals surface area contributed by atoms with Crippen molar-refractivity contribution in [3.63, 3.8) is 0 Å². The molecule has 0 unspecified atom stereocenters. The first-order chi connectivity index (χ1) is 10.5. The second-order valence-corrected chi connectivity index (χ2v) is 4.81. The molecule has 0 aliphatic carbocycles. The minimum atomic E-state index is -1.03. The molecule has 0 amide bonds. The Balaban J connectivity index is 1.94. The van der Waals surface area contributed by atoms with Crippen molar-refractivity contribution in [3.05, 3.63) is 59.2 Å². The van der Waals surface area contributed by atoms with Gasteiger partial charge in [0, 0.05) is 0 Å². The third-order valence-corrected chi connectivity index (χ3v) is 3.08. The van der Waals surface area contributed by atoms with Crippen LogP contribution in [0.25, 0.3) is 0 Å². The number of carboxylic acids is 1. The van der Waals surface area contributed by atoms with Crippen LogP contribution in [0.2, 0.25) is 0 Å². The van der Waals surface area contributed by atoms with Crippen molar-refractivity contribution in [1.29, 1.82) is 0 Å². The summed E-state index contributed by atoms with van der Waals surface area (Å²) in [6.45, 7) is 3.59. The Morgan fingerprint density at radius 2 is 1.59 bits per heavy atom. The molecule has 0 atom stereocenters. The Kier molecular flexibility index (Phi) is 4.78. The summed E-state index contributed by atoms with van der Waals surface area (Å²) < 4.78 is 10.6. The molecule has 22 heavy (non-hydrogen) atoms. The summed E-state index contributed by atoms with van der Waals surface area (Å²) in [6, 6.07) is 11.3. The number of ether oxygens (including phenoxy) is 2. The molecule has 2 aromatic rings. The lowest BCUT2D eigenvalue weighted by molar-refractivity contribution is -0.136. The first kappa shape index (κ1) is 15.6. The van der Waals surface area contributed by atoms with E-state index in [1.54, 1.807) is 0 Å². The molecule has 5 nitrogen and oxygen atoms in total. The second-order valence-electron chi connectivity index (χ2n) is 4.81. The number of esters is 1. The van der Waals surface area contributed by atoms with Gasteiger partial charge in [-0.1, -0.05) is 18.2 Å². The van der Waals surface area contributed by atoms with Crippen LogP contribution in [0.1, 0.15) is 21.5 Å². The summed E-state index contributed by atoms with van der Waals surface area (Å²) in [4.78, 5) is 22.5. The van der Waals surface area contributed by atoms with Crippen molar-refractivity contribution in [2.45, 2.75) is 13.8 Å². The average Bonchev–Trinajstić information content (AvgIpc) is 2.47. The predicted molar refractivity (Wildman–Crippen MR) is 80.4 cm³/mol. The highest BCUT2D eigenvalue weighted by molar-refractivity contribution is 5.87. The number of para-hydroxylation sites is 1. The van der Waals surface area contributed by atoms with Gasteiger partial charge >= 0.3 is 11.9 Å². The zero-order valence-corrected chi connectivity index (χ0v) is 12.3. The minimum absolute atomic E-state index is 0.131. The molecule has 1 N–H and O–H groups in total. The molecule has 0 bridgehead atoms. The van der Waals surface area contributed by atoms with Crippen LogP contribution in [0.3, 0.4) is 0 Å². The lowest BCUT2D eigenvalue weighted by atomic mass is 10.1. The molecule has 2 aromatic carbocycles. The Bertz CT molecular complexity index is 668. The van der Waals surface area contributed by atoms with E-state index >= 15 is 0 Å². The number of aromatic carboxylic acids is 1. The van der Waals surface area contributed by atoms with Gasteiger partial charge in [0.25, 0.3) is 0 Å². The number of hydrogen-bond donors (Lipinski definition) is 1. The van der Waals surface area contributed by atoms with Crippen molar-refractivity contribution in [2.24, 2.45) is 0 Å². The number of benzene rings is 2. The fourth-order valence-electron chi connectivity index (χ4n) is 1.98. The molecule has 5 heteroatoms. The van der Waals surface area contributed by atoms with E-state index in [0.717, 1.165) is 11.1 Å². The molecule has 0 spiro atoms. The van der Waals surface area contributed by atoms with E-state index < -0.39 is 11.9 Å². The van der Waals surface area contributed by atoms with Crippen LogP contribution in [-0.4, -0.2) is 23.7 Å². The highest BCUT2D eigenvalue weighted by Crippen LogP contribution is 2.22. The molecule has 114 valence electrons. The smallest absolute Gasteiger partial charge is 0.349 e. The molecule has 0 saturated heterocycles. The summed E-state index contributed by atoms with van der Waals surface area (Å²) in [7, 11) is 0. The number of aryl methyl sites for hydroxylation is 2. The van der Waals surface area contributed by atoms with Gasteiger partial charge in [-0.25, -0.2) is 9.59 Å². The minimum Gasteiger partial charge on any atom is -0.481 e. The Morgan fingerprint density at radius 1 is 1.00 bits per heavy atom. The van der Waals surface area contributed by atoms with Gasteiger partial charge < -0.3 is 14.6 Å². The normalized spacial score (nSPS) is 10.1. The van der Waals surface area contributed by atoms with Gasteiger partial charge in [-0.05, 0) is 49.2 Å². The van der Waals surface area contributed by atoms with Gasteiger partial charge in [-0.3, -0.25) is 0 Å². The Morgan fingerprint density at radius 3 is 2.14 bits per heavy atom. The first-order valence-electron chi connectivity index (χ1n) is 6.70. The van der Waals surface area contributed by atoms with Gasteiger partial charge in [0.15, 0.2) is 6.61 Å². The molecular formula is C17H16O5. The average molecular weight is 300 g/mol. The lowest BCUT2D eigenvalue weighted by Crippen LogP contribution is -2.18. The number of carboxylic acid groups (broad SMARTS) is 1. The van der Waals surface area contributed by atoms with Crippen LogP contribution in [0, 0.1) is 13.8 Å². The predicted octanol–water partition coefficient (Wildman–Crippen LogP) is 2.99. The van der Waals surface area contributed by atoms with Crippen LogP contribution in [0.5, 0.6) is 11.5 Å². The molecule has 0 aliphatic rings. The molecular weight excluding hydrogens is 284 g/mol. The van der Waals surface area contributed by atoms with Gasteiger partial charge in [-0.15, -0.1) is 0 Å². The molecule has 0 aromatic heterocycles. The maximum absolute atomic E-state index is 11.8. The maximum atomic E-state index is 11.8. The summed E-state index contributed by atoms with van der Waals surface area (Å²) in [5.41, 5.74) is 2.02. The zero-order chi connectivity index (χ0) is 16.1. The maximum Gasteiger partial charge on any atom is 0.349 e. The third-order valence-electron chi connectivity index (χ3n) is 3.08. The fourth-order valence-corrected chi connectivity index (χ4v) is 1.98. The van der Waals surface area contributed by atoms with Crippen molar-refractivity contribution in [2.75, 3.05) is 6.61 Å². The summed E-state index contributed by atoms with van der Waals surface area (Å²) in [6.07, 6.45) is 0. The molecule has 0 saturated carbocycles. The quantitative estimate of drug-likeness (QED) is 0.679. The van der Waals surface area contributed by atoms with Gasteiger partial charge in [0.1, 0.15) is 11.5 Å². The van der Waals surface area contributed by atoms with Crippen LogP contribution < -0.4 is 9.47 Å². The monoisotopic (exact) mass is 300 g/mol. The van der Waals surface area contributed by atoms with Crippen molar-refractivity contribution in [1.82, 2.24) is 0 Å². The zero-order valence-electron chi connectivity index (χ0n) is 12.3. The largest absolute Gasteiger partial charge is 0.481 e. The third kappa shape index (κ3) is 3.85. The van der Waals surface area contributed by atoms with Crippen molar-refractivity contribution < 1.29 is 24.2 Å². The van der Waals surface area contributed by atoms with E-state index in [-0.39, 0.29) is 17.9 Å². The van der Waals surface area contributed by atoms with Crippen LogP contribution in [0.15, 0.2) is 42.5 Å². The first-order valence-corrected chi connectivity index (χ1v) is 6.70. The van der Waals surface area contributed by atoms with Gasteiger partial charge in [-0.2, -0.15) is 0 Å². The molecule has 0 heterocycles. The van der Waals surface area contributed by atoms with Gasteiger partial charge in [0.05, 0.1) is 5.56 Å². The van der Waals surface area contributed by atoms with E-state index in [9.17, 15) is 9.59 Å². The highest BCUT2D eigenvalue weighted by atomic mass is 16.6. The molecule has 0 radical (unpaired) electrons. The second kappa shape index (κ2) is 6.76. The number of carbonyl (C=O) groups is 2. The van der Waals surface area contributed by atoms with Crippen molar-refractivity contribution in [3.8, 4) is 11.5 Å². The Hall–Kier alpha value is -2.82. The van der Waals surface area contributed by atoms with E-state index in [1.165, 1.54) is 24.3 Å². The standard InChI is InChI=1S/C17H16O5/c1-11-4-3-5-12(2)16(11)21-10-15(18)22-14-8-6-13(7-9-14)17(19)20/h3-9H,10H2,1-2H3,(H,19,20). The summed E-state index contributed by atoms with van der Waals surface area (Å²) >= 11 is 0. The highest BCUT2D eigenvalue weighted by Gasteiger charge is 2.10. The lowest BCUT2D eigenvalue weighted by Gasteiger charge is -2.11. The van der Waals surface area contributed by atoms with E-state index in [1.807, 2.05) is 32.0 Å².